The first-order valence-corrected chi connectivity index (χ1v) is 8.38. The molecule has 2 rings (SSSR count). The molecule has 0 aromatic heterocycles. The van der Waals surface area contributed by atoms with E-state index in [-0.39, 0.29) is 5.91 Å². The Kier molecular flexibility index (Phi) is 6.87. The molecule has 1 amide bonds. The highest BCUT2D eigenvalue weighted by molar-refractivity contribution is 6.18. The fourth-order valence-electron chi connectivity index (χ4n) is 2.91. The van der Waals surface area contributed by atoms with E-state index in [0.29, 0.717) is 31.5 Å². The third-order valence-electron chi connectivity index (χ3n) is 3.99. The molecule has 0 unspecified atom stereocenters. The third kappa shape index (κ3) is 5.24. The van der Waals surface area contributed by atoms with E-state index in [4.69, 9.17) is 16.3 Å². The summed E-state index contributed by atoms with van der Waals surface area (Å²) in [6, 6.07) is 9.99. The number of ether oxygens (including phenoxy) is 1. The number of nitrogens with zero attached hydrogens (tertiary/aromatic N) is 1. The fraction of sp³-hybridized carbons (Fsp3) is 0.588. The van der Waals surface area contributed by atoms with Gasteiger partial charge in [0.05, 0.1) is 13.0 Å². The zero-order chi connectivity index (χ0) is 14.9. The van der Waals surface area contributed by atoms with Gasteiger partial charge in [0.25, 0.3) is 0 Å². The minimum absolute atomic E-state index is 0.165. The molecule has 0 N–H and O–H groups in total. The van der Waals surface area contributed by atoms with Gasteiger partial charge in [0.15, 0.2) is 0 Å². The highest BCUT2D eigenvalue weighted by atomic mass is 35.5. The summed E-state index contributed by atoms with van der Waals surface area (Å²) in [7, 11) is 0. The zero-order valence-electron chi connectivity index (χ0n) is 12.5. The Bertz CT molecular complexity index is 418. The van der Waals surface area contributed by atoms with E-state index in [9.17, 15) is 4.79 Å². The molecule has 116 valence electrons. The summed E-state index contributed by atoms with van der Waals surface area (Å²) in [6.07, 6.45) is 6.37. The Morgan fingerprint density at radius 1 is 1.19 bits per heavy atom. The summed E-state index contributed by atoms with van der Waals surface area (Å²) >= 11 is 5.86. The van der Waals surface area contributed by atoms with Crippen molar-refractivity contribution in [3.8, 4) is 5.75 Å². The smallest absolute Gasteiger partial charge is 0.226 e. The highest BCUT2D eigenvalue weighted by Crippen LogP contribution is 2.23. The van der Waals surface area contributed by atoms with Gasteiger partial charge >= 0.3 is 0 Å². The summed E-state index contributed by atoms with van der Waals surface area (Å²) < 4.78 is 5.61. The van der Waals surface area contributed by atoms with Crippen LogP contribution in [0.25, 0.3) is 0 Å². The van der Waals surface area contributed by atoms with Gasteiger partial charge in [0, 0.05) is 18.5 Å². The summed E-state index contributed by atoms with van der Waals surface area (Å²) in [5.74, 6) is 1.48. The molecule has 0 aliphatic heterocycles. The second-order valence-electron chi connectivity index (χ2n) is 5.48. The molecule has 1 aromatic rings. The topological polar surface area (TPSA) is 29.5 Å². The van der Waals surface area contributed by atoms with Crippen molar-refractivity contribution in [2.75, 3.05) is 19.0 Å². The molecule has 1 aliphatic carbocycles. The van der Waals surface area contributed by atoms with Crippen molar-refractivity contribution in [3.63, 3.8) is 0 Å². The van der Waals surface area contributed by atoms with Crippen LogP contribution in [0, 0.1) is 0 Å². The Labute approximate surface area is 132 Å². The molecule has 0 radical (unpaired) electrons. The van der Waals surface area contributed by atoms with E-state index in [1.165, 1.54) is 19.3 Å². The molecule has 1 saturated carbocycles. The normalized spacial score (nSPS) is 15.7. The van der Waals surface area contributed by atoms with E-state index in [2.05, 4.69) is 0 Å². The molecule has 1 aliphatic rings. The second-order valence-corrected chi connectivity index (χ2v) is 5.86. The Morgan fingerprint density at radius 2 is 1.90 bits per heavy atom. The van der Waals surface area contributed by atoms with Gasteiger partial charge in [-0.05, 0) is 25.0 Å². The average Bonchev–Trinajstić information content (AvgIpc) is 2.54. The van der Waals surface area contributed by atoms with E-state index in [1.54, 1.807) is 0 Å². The maximum absolute atomic E-state index is 12.4. The fourth-order valence-corrected chi connectivity index (χ4v) is 3.09. The summed E-state index contributed by atoms with van der Waals surface area (Å²) in [5.41, 5.74) is 0. The van der Waals surface area contributed by atoms with E-state index < -0.39 is 0 Å². The molecule has 0 saturated heterocycles. The summed E-state index contributed by atoms with van der Waals surface area (Å²) in [5, 5.41) is 0. The van der Waals surface area contributed by atoms with Crippen LogP contribution >= 0.6 is 11.6 Å². The van der Waals surface area contributed by atoms with Crippen molar-refractivity contribution in [2.45, 2.75) is 44.6 Å². The number of rotatable bonds is 7. The third-order valence-corrected chi connectivity index (χ3v) is 4.16. The number of alkyl halides is 1. The second kappa shape index (κ2) is 8.93. The molecule has 1 fully saturated rings. The molecule has 0 spiro atoms. The highest BCUT2D eigenvalue weighted by Gasteiger charge is 2.24. The van der Waals surface area contributed by atoms with Crippen molar-refractivity contribution < 1.29 is 9.53 Å². The van der Waals surface area contributed by atoms with Crippen LogP contribution < -0.4 is 4.74 Å². The van der Waals surface area contributed by atoms with E-state index >= 15 is 0 Å². The maximum atomic E-state index is 12.4. The minimum Gasteiger partial charge on any atom is -0.493 e. The van der Waals surface area contributed by atoms with Crippen molar-refractivity contribution in [1.29, 1.82) is 0 Å². The summed E-state index contributed by atoms with van der Waals surface area (Å²) in [4.78, 5) is 14.4. The predicted octanol–water partition coefficient (Wildman–Crippen LogP) is 3.86. The summed E-state index contributed by atoms with van der Waals surface area (Å²) in [6.45, 7) is 1.07. The molecule has 0 atom stereocenters. The van der Waals surface area contributed by atoms with Gasteiger partial charge in [-0.1, -0.05) is 37.5 Å². The number of carbonyl (C=O) groups excluding carboxylic acids is 1. The van der Waals surface area contributed by atoms with Crippen LogP contribution in [-0.2, 0) is 4.79 Å². The van der Waals surface area contributed by atoms with Gasteiger partial charge < -0.3 is 9.64 Å². The standard InChI is InChI=1S/C17H24ClNO2/c18-12-13-19(15-7-3-1-4-8-15)17(20)11-14-21-16-9-5-2-6-10-16/h2,5-6,9-10,15H,1,3-4,7-8,11-14H2. The predicted molar refractivity (Wildman–Crippen MR) is 85.9 cm³/mol. The van der Waals surface area contributed by atoms with E-state index in [1.807, 2.05) is 35.2 Å². The number of hydrogen-bond acceptors (Lipinski definition) is 2. The van der Waals surface area contributed by atoms with E-state index in [0.717, 1.165) is 18.6 Å². The van der Waals surface area contributed by atoms with Gasteiger partial charge in [-0.3, -0.25) is 4.79 Å². The monoisotopic (exact) mass is 309 g/mol. The quantitative estimate of drug-likeness (QED) is 0.716. The molecule has 0 heterocycles. The zero-order valence-corrected chi connectivity index (χ0v) is 13.2. The lowest BCUT2D eigenvalue weighted by Crippen LogP contribution is -2.43. The first-order chi connectivity index (χ1) is 10.3. The van der Waals surface area contributed by atoms with Gasteiger partial charge in [0.2, 0.25) is 5.91 Å². The van der Waals surface area contributed by atoms with Crippen LogP contribution in [-0.4, -0.2) is 35.9 Å². The number of hydrogen-bond donors (Lipinski definition) is 0. The largest absolute Gasteiger partial charge is 0.493 e. The number of para-hydroxylation sites is 1. The molecular weight excluding hydrogens is 286 g/mol. The van der Waals surface area contributed by atoms with Crippen LogP contribution in [0.4, 0.5) is 0 Å². The number of amides is 1. The van der Waals surface area contributed by atoms with Gasteiger partial charge in [0.1, 0.15) is 5.75 Å². The average molecular weight is 310 g/mol. The molecule has 21 heavy (non-hydrogen) atoms. The van der Waals surface area contributed by atoms with Crippen LogP contribution in [0.15, 0.2) is 30.3 Å². The van der Waals surface area contributed by atoms with Gasteiger partial charge in [-0.25, -0.2) is 0 Å². The Morgan fingerprint density at radius 3 is 2.57 bits per heavy atom. The first-order valence-electron chi connectivity index (χ1n) is 7.84. The Balaban J connectivity index is 1.80. The number of carbonyl (C=O) groups is 1. The lowest BCUT2D eigenvalue weighted by Gasteiger charge is -2.34. The van der Waals surface area contributed by atoms with Gasteiger partial charge in [-0.15, -0.1) is 11.6 Å². The van der Waals surface area contributed by atoms with Crippen LogP contribution in [0.5, 0.6) is 5.75 Å². The van der Waals surface area contributed by atoms with Crippen LogP contribution in [0.2, 0.25) is 0 Å². The van der Waals surface area contributed by atoms with Crippen LogP contribution in [0.3, 0.4) is 0 Å². The minimum atomic E-state index is 0.165. The number of benzene rings is 1. The number of halogens is 1. The van der Waals surface area contributed by atoms with Gasteiger partial charge in [-0.2, -0.15) is 0 Å². The SMILES string of the molecule is O=C(CCOc1ccccc1)N(CCCl)C1CCCCC1. The van der Waals surface area contributed by atoms with Crippen LogP contribution in [0.1, 0.15) is 38.5 Å². The Hall–Kier alpha value is -1.22. The van der Waals surface area contributed by atoms with Crippen molar-refractivity contribution in [2.24, 2.45) is 0 Å². The molecule has 4 heteroatoms. The first kappa shape index (κ1) is 16.2. The molecule has 3 nitrogen and oxygen atoms in total. The van der Waals surface area contributed by atoms with Crippen molar-refractivity contribution in [3.05, 3.63) is 30.3 Å². The molecular formula is C17H24ClNO2. The van der Waals surface area contributed by atoms with Crippen molar-refractivity contribution >= 4 is 17.5 Å². The lowest BCUT2D eigenvalue weighted by atomic mass is 9.94. The molecule has 1 aromatic carbocycles. The van der Waals surface area contributed by atoms with Crippen molar-refractivity contribution in [1.82, 2.24) is 4.90 Å². The maximum Gasteiger partial charge on any atom is 0.226 e. The lowest BCUT2D eigenvalue weighted by molar-refractivity contribution is -0.134. The molecule has 0 bridgehead atoms.